The van der Waals surface area contributed by atoms with E-state index in [1.54, 1.807) is 12.1 Å². The molecule has 0 N–H and O–H groups in total. The van der Waals surface area contributed by atoms with Gasteiger partial charge in [0.1, 0.15) is 6.10 Å². The van der Waals surface area contributed by atoms with Gasteiger partial charge in [-0.3, -0.25) is 0 Å². The standard InChI is InChI=1S/C9H7F3OS/c10-9(11,12)14-7-3-1-6(2-4-7)8-5-13-8/h1-4,8H,5H2. The Balaban J connectivity index is 2.06. The third-order valence-corrected chi connectivity index (χ3v) is 2.56. The summed E-state index contributed by atoms with van der Waals surface area (Å²) in [6.45, 7) is 0.672. The van der Waals surface area contributed by atoms with Crippen molar-refractivity contribution in [3.63, 3.8) is 0 Å². The molecule has 0 saturated carbocycles. The van der Waals surface area contributed by atoms with E-state index in [0.717, 1.165) is 5.56 Å². The van der Waals surface area contributed by atoms with E-state index in [2.05, 4.69) is 0 Å². The van der Waals surface area contributed by atoms with Crippen molar-refractivity contribution in [2.24, 2.45) is 0 Å². The zero-order valence-corrected chi connectivity index (χ0v) is 7.86. The SMILES string of the molecule is FC(F)(F)Sc1ccc(C2CO2)cc1. The number of epoxide rings is 1. The lowest BCUT2D eigenvalue weighted by molar-refractivity contribution is -0.0328. The predicted molar refractivity (Wildman–Crippen MR) is 47.0 cm³/mol. The molecule has 0 amide bonds. The van der Waals surface area contributed by atoms with Crippen LogP contribution in [0.3, 0.4) is 0 Å². The van der Waals surface area contributed by atoms with E-state index < -0.39 is 5.51 Å². The molecule has 14 heavy (non-hydrogen) atoms. The first-order chi connectivity index (χ1) is 6.54. The van der Waals surface area contributed by atoms with Gasteiger partial charge in [-0.25, -0.2) is 0 Å². The summed E-state index contributed by atoms with van der Waals surface area (Å²) in [5.41, 5.74) is -3.27. The van der Waals surface area contributed by atoms with Crippen molar-refractivity contribution in [2.45, 2.75) is 16.5 Å². The van der Waals surface area contributed by atoms with E-state index in [0.29, 0.717) is 6.61 Å². The summed E-state index contributed by atoms with van der Waals surface area (Å²) in [6, 6.07) is 6.28. The lowest BCUT2D eigenvalue weighted by atomic mass is 10.2. The molecule has 0 bridgehead atoms. The Kier molecular flexibility index (Phi) is 2.45. The number of halogens is 3. The van der Waals surface area contributed by atoms with Crippen molar-refractivity contribution in [1.82, 2.24) is 0 Å². The number of alkyl halides is 3. The average Bonchev–Trinajstić information content (AvgIpc) is 2.85. The third kappa shape index (κ3) is 2.65. The fourth-order valence-electron chi connectivity index (χ4n) is 1.12. The van der Waals surface area contributed by atoms with Gasteiger partial charge in [-0.15, -0.1) is 0 Å². The highest BCUT2D eigenvalue weighted by Gasteiger charge is 2.29. The largest absolute Gasteiger partial charge is 0.446 e. The summed E-state index contributed by atoms with van der Waals surface area (Å²) in [5, 5.41) is 0. The first kappa shape index (κ1) is 9.86. The second-order valence-corrected chi connectivity index (χ2v) is 4.08. The van der Waals surface area contributed by atoms with Gasteiger partial charge in [0.05, 0.1) is 6.61 Å². The maximum Gasteiger partial charge on any atom is 0.446 e. The molecule has 1 aliphatic heterocycles. The van der Waals surface area contributed by atoms with E-state index in [4.69, 9.17) is 4.74 Å². The minimum atomic E-state index is -4.21. The van der Waals surface area contributed by atoms with Crippen LogP contribution in [0.15, 0.2) is 29.2 Å². The monoisotopic (exact) mass is 220 g/mol. The zero-order valence-electron chi connectivity index (χ0n) is 7.04. The first-order valence-electron chi connectivity index (χ1n) is 4.02. The molecule has 2 rings (SSSR count). The van der Waals surface area contributed by atoms with Gasteiger partial charge in [0.25, 0.3) is 0 Å². The normalized spacial score (nSPS) is 20.9. The summed E-state index contributed by atoms with van der Waals surface area (Å²) < 4.78 is 40.9. The van der Waals surface area contributed by atoms with E-state index in [1.807, 2.05) is 0 Å². The van der Waals surface area contributed by atoms with Gasteiger partial charge < -0.3 is 4.74 Å². The van der Waals surface area contributed by atoms with Gasteiger partial charge in [0.15, 0.2) is 0 Å². The van der Waals surface area contributed by atoms with Crippen molar-refractivity contribution in [3.05, 3.63) is 29.8 Å². The van der Waals surface area contributed by atoms with Crippen LogP contribution in [0.1, 0.15) is 11.7 Å². The number of rotatable bonds is 2. The van der Waals surface area contributed by atoms with Crippen LogP contribution < -0.4 is 0 Å². The average molecular weight is 220 g/mol. The molecule has 5 heteroatoms. The van der Waals surface area contributed by atoms with Crippen LogP contribution in [0.25, 0.3) is 0 Å². The van der Waals surface area contributed by atoms with Gasteiger partial charge in [-0.2, -0.15) is 13.2 Å². The fourth-order valence-corrected chi connectivity index (χ4v) is 1.66. The predicted octanol–water partition coefficient (Wildman–Crippen LogP) is 3.37. The highest BCUT2D eigenvalue weighted by atomic mass is 32.2. The summed E-state index contributed by atoms with van der Waals surface area (Å²) >= 11 is -0.0992. The molecule has 1 unspecified atom stereocenters. The summed E-state index contributed by atoms with van der Waals surface area (Å²) in [5.74, 6) is 0. The molecular formula is C9H7F3OS. The molecule has 76 valence electrons. The third-order valence-electron chi connectivity index (χ3n) is 1.82. The van der Waals surface area contributed by atoms with Crippen molar-refractivity contribution in [2.75, 3.05) is 6.61 Å². The number of ether oxygens (including phenoxy) is 1. The second kappa shape index (κ2) is 3.47. The molecule has 0 aromatic heterocycles. The molecular weight excluding hydrogens is 213 g/mol. The molecule has 1 nitrogen and oxygen atoms in total. The molecule has 1 aromatic carbocycles. The van der Waals surface area contributed by atoms with Crippen LogP contribution in [0.4, 0.5) is 13.2 Å². The topological polar surface area (TPSA) is 12.5 Å². The van der Waals surface area contributed by atoms with Crippen LogP contribution in [-0.2, 0) is 4.74 Å². The molecule has 1 fully saturated rings. The Morgan fingerprint density at radius 1 is 1.21 bits per heavy atom. The molecule has 1 aliphatic rings. The van der Waals surface area contributed by atoms with Gasteiger partial charge >= 0.3 is 5.51 Å². The minimum absolute atomic E-state index is 0.0972. The molecule has 1 saturated heterocycles. The maximum absolute atomic E-state index is 12.0. The van der Waals surface area contributed by atoms with Crippen molar-refractivity contribution in [3.8, 4) is 0 Å². The van der Waals surface area contributed by atoms with Crippen LogP contribution in [0, 0.1) is 0 Å². The smallest absolute Gasteiger partial charge is 0.368 e. The Bertz CT molecular complexity index is 316. The maximum atomic E-state index is 12.0. The Hall–Kier alpha value is -0.680. The lowest BCUT2D eigenvalue weighted by Crippen LogP contribution is -1.98. The Labute approximate surface area is 83.3 Å². The van der Waals surface area contributed by atoms with Crippen LogP contribution in [0.5, 0.6) is 0 Å². The first-order valence-corrected chi connectivity index (χ1v) is 4.83. The summed E-state index contributed by atoms with van der Waals surface area (Å²) in [7, 11) is 0. The van der Waals surface area contributed by atoms with Crippen LogP contribution in [-0.4, -0.2) is 12.1 Å². The van der Waals surface area contributed by atoms with Gasteiger partial charge in [0.2, 0.25) is 0 Å². The van der Waals surface area contributed by atoms with E-state index in [1.165, 1.54) is 12.1 Å². The minimum Gasteiger partial charge on any atom is -0.368 e. The number of hydrogen-bond acceptors (Lipinski definition) is 2. The molecule has 1 heterocycles. The quantitative estimate of drug-likeness (QED) is 0.559. The number of benzene rings is 1. The summed E-state index contributed by atoms with van der Waals surface area (Å²) in [4.78, 5) is 0.210. The second-order valence-electron chi connectivity index (χ2n) is 2.94. The highest BCUT2D eigenvalue weighted by molar-refractivity contribution is 8.00. The fraction of sp³-hybridized carbons (Fsp3) is 0.333. The Morgan fingerprint density at radius 2 is 1.79 bits per heavy atom. The van der Waals surface area contributed by atoms with Crippen molar-refractivity contribution < 1.29 is 17.9 Å². The molecule has 0 aliphatic carbocycles. The van der Waals surface area contributed by atoms with E-state index >= 15 is 0 Å². The van der Waals surface area contributed by atoms with Gasteiger partial charge in [-0.1, -0.05) is 12.1 Å². The molecule has 1 atom stereocenters. The van der Waals surface area contributed by atoms with Gasteiger partial charge in [-0.05, 0) is 29.5 Å². The van der Waals surface area contributed by atoms with Crippen LogP contribution in [0.2, 0.25) is 0 Å². The van der Waals surface area contributed by atoms with Gasteiger partial charge in [0, 0.05) is 4.90 Å². The summed E-state index contributed by atoms with van der Waals surface area (Å²) in [6.07, 6.45) is 0.0972. The highest BCUT2D eigenvalue weighted by Crippen LogP contribution is 2.38. The van der Waals surface area contributed by atoms with E-state index in [-0.39, 0.29) is 22.8 Å². The lowest BCUT2D eigenvalue weighted by Gasteiger charge is -2.05. The molecule has 0 spiro atoms. The van der Waals surface area contributed by atoms with Crippen molar-refractivity contribution >= 4 is 11.8 Å². The van der Waals surface area contributed by atoms with E-state index in [9.17, 15) is 13.2 Å². The molecule has 0 radical (unpaired) electrons. The number of thioether (sulfide) groups is 1. The molecule has 1 aromatic rings. The van der Waals surface area contributed by atoms with Crippen molar-refractivity contribution in [1.29, 1.82) is 0 Å². The van der Waals surface area contributed by atoms with Crippen LogP contribution >= 0.6 is 11.8 Å². The Morgan fingerprint density at radius 3 is 2.21 bits per heavy atom. The zero-order chi connectivity index (χ0) is 10.2. The number of hydrogen-bond donors (Lipinski definition) is 0.